The molecule has 1 unspecified atom stereocenters. The number of piperidine rings is 1. The van der Waals surface area contributed by atoms with Gasteiger partial charge in [-0.05, 0) is 62.9 Å². The Hall–Kier alpha value is 0.310. The monoisotopic (exact) mass is 215 g/mol. The summed E-state index contributed by atoms with van der Waals surface area (Å²) in [6, 6.07) is 0. The summed E-state index contributed by atoms with van der Waals surface area (Å²) < 4.78 is 0. The second kappa shape index (κ2) is 6.73. The highest BCUT2D eigenvalue weighted by Crippen LogP contribution is 2.17. The first-order valence-corrected chi connectivity index (χ1v) is 6.69. The first-order chi connectivity index (χ1) is 6.72. The zero-order chi connectivity index (χ0) is 10.4. The van der Waals surface area contributed by atoms with E-state index in [-0.39, 0.29) is 0 Å². The van der Waals surface area contributed by atoms with Crippen molar-refractivity contribution >= 4 is 12.6 Å². The average molecular weight is 215 g/mol. The van der Waals surface area contributed by atoms with Crippen LogP contribution in [-0.4, -0.2) is 30.3 Å². The predicted molar refractivity (Wildman–Crippen MR) is 67.1 cm³/mol. The molecule has 1 fully saturated rings. The van der Waals surface area contributed by atoms with Crippen LogP contribution in [-0.2, 0) is 0 Å². The van der Waals surface area contributed by atoms with Crippen molar-refractivity contribution in [1.82, 2.24) is 4.90 Å². The van der Waals surface area contributed by atoms with Gasteiger partial charge >= 0.3 is 0 Å². The Kier molecular flexibility index (Phi) is 5.95. The van der Waals surface area contributed by atoms with Crippen molar-refractivity contribution in [3.8, 4) is 0 Å². The maximum atomic E-state index is 4.28. The molecule has 1 heterocycles. The van der Waals surface area contributed by atoms with Gasteiger partial charge in [-0.3, -0.25) is 0 Å². The van der Waals surface area contributed by atoms with Gasteiger partial charge in [0.15, 0.2) is 0 Å². The Bertz CT molecular complexity index is 141. The molecule has 1 atom stereocenters. The van der Waals surface area contributed by atoms with E-state index in [9.17, 15) is 0 Å². The van der Waals surface area contributed by atoms with Crippen molar-refractivity contribution < 1.29 is 0 Å². The van der Waals surface area contributed by atoms with Crippen LogP contribution in [0, 0.1) is 11.8 Å². The van der Waals surface area contributed by atoms with Crippen molar-refractivity contribution in [3.05, 3.63) is 0 Å². The maximum absolute atomic E-state index is 4.28. The lowest BCUT2D eigenvalue weighted by Crippen LogP contribution is -2.34. The van der Waals surface area contributed by atoms with Gasteiger partial charge in [0.1, 0.15) is 0 Å². The van der Waals surface area contributed by atoms with Crippen LogP contribution in [0.1, 0.15) is 39.5 Å². The van der Waals surface area contributed by atoms with E-state index in [0.717, 1.165) is 17.6 Å². The molecule has 0 spiro atoms. The van der Waals surface area contributed by atoms with Gasteiger partial charge in [-0.25, -0.2) is 0 Å². The molecule has 0 aromatic rings. The van der Waals surface area contributed by atoms with Gasteiger partial charge in [-0.2, -0.15) is 12.6 Å². The lowest BCUT2D eigenvalue weighted by Gasteiger charge is -2.30. The molecular weight excluding hydrogens is 190 g/mol. The SMILES string of the molecule is CC(CCS)CCN1CCC(C)CC1. The summed E-state index contributed by atoms with van der Waals surface area (Å²) in [6.07, 6.45) is 5.43. The molecule has 0 aromatic carbocycles. The standard InChI is InChI=1S/C12H25NS/c1-11-3-7-13(8-4-11)9-5-12(2)6-10-14/h11-12,14H,3-10H2,1-2H3. The van der Waals surface area contributed by atoms with Gasteiger partial charge < -0.3 is 4.90 Å². The zero-order valence-corrected chi connectivity index (χ0v) is 10.6. The maximum Gasteiger partial charge on any atom is -0.00162 e. The number of hydrogen-bond donors (Lipinski definition) is 1. The molecule has 0 saturated carbocycles. The van der Waals surface area contributed by atoms with Gasteiger partial charge in [0.25, 0.3) is 0 Å². The third kappa shape index (κ3) is 4.70. The first-order valence-electron chi connectivity index (χ1n) is 6.05. The van der Waals surface area contributed by atoms with E-state index < -0.39 is 0 Å². The summed E-state index contributed by atoms with van der Waals surface area (Å²) in [7, 11) is 0. The molecule has 84 valence electrons. The van der Waals surface area contributed by atoms with Crippen molar-refractivity contribution in [3.63, 3.8) is 0 Å². The van der Waals surface area contributed by atoms with Gasteiger partial charge in [-0.15, -0.1) is 0 Å². The molecular formula is C12H25NS. The number of thiol groups is 1. The van der Waals surface area contributed by atoms with Crippen molar-refractivity contribution in [2.24, 2.45) is 11.8 Å². The molecule has 1 aliphatic heterocycles. The normalized spacial score (nSPS) is 22.5. The van der Waals surface area contributed by atoms with E-state index in [2.05, 4.69) is 31.4 Å². The molecule has 2 heteroatoms. The van der Waals surface area contributed by atoms with Crippen LogP contribution in [0.4, 0.5) is 0 Å². The van der Waals surface area contributed by atoms with Crippen molar-refractivity contribution in [1.29, 1.82) is 0 Å². The molecule has 1 rings (SSSR count). The lowest BCUT2D eigenvalue weighted by atomic mass is 9.98. The number of rotatable bonds is 5. The molecule has 1 saturated heterocycles. The molecule has 0 radical (unpaired) electrons. The largest absolute Gasteiger partial charge is 0.303 e. The highest BCUT2D eigenvalue weighted by atomic mass is 32.1. The van der Waals surface area contributed by atoms with Crippen LogP contribution >= 0.6 is 12.6 Å². The molecule has 0 N–H and O–H groups in total. The first kappa shape index (κ1) is 12.4. The van der Waals surface area contributed by atoms with Gasteiger partial charge in [0.2, 0.25) is 0 Å². The predicted octanol–water partition coefficient (Wildman–Crippen LogP) is 3.06. The molecule has 0 aliphatic carbocycles. The summed E-state index contributed by atoms with van der Waals surface area (Å²) >= 11 is 4.28. The smallest absolute Gasteiger partial charge is 0.00162 e. The molecule has 1 aliphatic rings. The fraction of sp³-hybridized carbons (Fsp3) is 1.00. The van der Waals surface area contributed by atoms with Crippen LogP contribution in [0.2, 0.25) is 0 Å². The molecule has 0 amide bonds. The van der Waals surface area contributed by atoms with Crippen LogP contribution in [0.3, 0.4) is 0 Å². The minimum absolute atomic E-state index is 0.854. The van der Waals surface area contributed by atoms with E-state index in [1.807, 2.05) is 0 Å². The van der Waals surface area contributed by atoms with Gasteiger partial charge in [0, 0.05) is 0 Å². The van der Waals surface area contributed by atoms with E-state index >= 15 is 0 Å². The fourth-order valence-corrected chi connectivity index (χ4v) is 2.49. The van der Waals surface area contributed by atoms with Gasteiger partial charge in [-0.1, -0.05) is 13.8 Å². The lowest BCUT2D eigenvalue weighted by molar-refractivity contribution is 0.182. The Morgan fingerprint density at radius 1 is 1.29 bits per heavy atom. The van der Waals surface area contributed by atoms with E-state index in [4.69, 9.17) is 0 Å². The Morgan fingerprint density at radius 2 is 1.93 bits per heavy atom. The second-order valence-electron chi connectivity index (χ2n) is 4.93. The highest BCUT2D eigenvalue weighted by Gasteiger charge is 2.15. The Labute approximate surface area is 94.7 Å². The summed E-state index contributed by atoms with van der Waals surface area (Å²) in [5.41, 5.74) is 0. The minimum atomic E-state index is 0.854. The highest BCUT2D eigenvalue weighted by molar-refractivity contribution is 7.80. The van der Waals surface area contributed by atoms with Crippen LogP contribution < -0.4 is 0 Å². The topological polar surface area (TPSA) is 3.24 Å². The number of likely N-dealkylation sites (tertiary alicyclic amines) is 1. The zero-order valence-electron chi connectivity index (χ0n) is 9.71. The molecule has 0 bridgehead atoms. The van der Waals surface area contributed by atoms with Crippen LogP contribution in [0.5, 0.6) is 0 Å². The number of hydrogen-bond acceptors (Lipinski definition) is 2. The van der Waals surface area contributed by atoms with Crippen LogP contribution in [0.15, 0.2) is 0 Å². The van der Waals surface area contributed by atoms with Crippen LogP contribution in [0.25, 0.3) is 0 Å². The average Bonchev–Trinajstić information content (AvgIpc) is 2.17. The van der Waals surface area contributed by atoms with Crippen molar-refractivity contribution in [2.45, 2.75) is 39.5 Å². The number of nitrogens with zero attached hydrogens (tertiary/aromatic N) is 1. The Balaban J connectivity index is 2.06. The second-order valence-corrected chi connectivity index (χ2v) is 5.38. The summed E-state index contributed by atoms with van der Waals surface area (Å²) in [4.78, 5) is 2.63. The molecule has 1 nitrogen and oxygen atoms in total. The summed E-state index contributed by atoms with van der Waals surface area (Å²) in [6.45, 7) is 8.69. The Morgan fingerprint density at radius 3 is 2.50 bits per heavy atom. The van der Waals surface area contributed by atoms with E-state index in [1.165, 1.54) is 45.3 Å². The minimum Gasteiger partial charge on any atom is -0.303 e. The van der Waals surface area contributed by atoms with E-state index in [0.29, 0.717) is 0 Å². The summed E-state index contributed by atoms with van der Waals surface area (Å²) in [5.74, 6) is 2.85. The molecule has 14 heavy (non-hydrogen) atoms. The fourth-order valence-electron chi connectivity index (χ4n) is 2.05. The summed E-state index contributed by atoms with van der Waals surface area (Å²) in [5, 5.41) is 0. The van der Waals surface area contributed by atoms with E-state index in [1.54, 1.807) is 0 Å². The van der Waals surface area contributed by atoms with Gasteiger partial charge in [0.05, 0.1) is 0 Å². The third-order valence-corrected chi connectivity index (χ3v) is 3.69. The third-order valence-electron chi connectivity index (χ3n) is 3.44. The quantitative estimate of drug-likeness (QED) is 0.690. The molecule has 0 aromatic heterocycles. The van der Waals surface area contributed by atoms with Crippen molar-refractivity contribution in [2.75, 3.05) is 25.4 Å².